The lowest BCUT2D eigenvalue weighted by Crippen LogP contribution is -2.45. The van der Waals surface area contributed by atoms with Gasteiger partial charge in [0.1, 0.15) is 0 Å². The molecule has 0 aromatic carbocycles. The molecule has 2 saturated carbocycles. The molecule has 0 spiro atoms. The molecule has 2 atom stereocenters. The van der Waals surface area contributed by atoms with Crippen LogP contribution in [0.5, 0.6) is 0 Å². The molecular formula is C12H23NO. The summed E-state index contributed by atoms with van der Waals surface area (Å²) in [4.78, 5) is 0. The molecule has 2 fully saturated rings. The molecule has 0 bridgehead atoms. The Morgan fingerprint density at radius 3 is 2.43 bits per heavy atom. The topological polar surface area (TPSA) is 21.3 Å². The molecule has 2 heteroatoms. The molecule has 0 aromatic heterocycles. The van der Waals surface area contributed by atoms with Gasteiger partial charge in [0.2, 0.25) is 0 Å². The summed E-state index contributed by atoms with van der Waals surface area (Å²) in [6, 6.07) is 0.545. The van der Waals surface area contributed by atoms with Crippen molar-refractivity contribution in [3.05, 3.63) is 0 Å². The zero-order valence-corrected chi connectivity index (χ0v) is 9.68. The Bertz CT molecular complexity index is 198. The predicted octanol–water partition coefficient (Wildman–Crippen LogP) is 2.33. The average molecular weight is 197 g/mol. The van der Waals surface area contributed by atoms with E-state index in [0.29, 0.717) is 23.7 Å². The van der Waals surface area contributed by atoms with Gasteiger partial charge < -0.3 is 10.1 Å². The molecule has 2 aliphatic carbocycles. The largest absolute Gasteiger partial charge is 0.373 e. The van der Waals surface area contributed by atoms with E-state index in [1.165, 1.54) is 32.1 Å². The fourth-order valence-electron chi connectivity index (χ4n) is 2.82. The van der Waals surface area contributed by atoms with Crippen molar-refractivity contribution in [1.29, 1.82) is 0 Å². The maximum absolute atomic E-state index is 6.12. The summed E-state index contributed by atoms with van der Waals surface area (Å²) in [5, 5.41) is 3.43. The van der Waals surface area contributed by atoms with Crippen LogP contribution in [0.1, 0.15) is 46.0 Å². The lowest BCUT2D eigenvalue weighted by Gasteiger charge is -2.35. The Kier molecular flexibility index (Phi) is 2.85. The number of hydrogen-bond donors (Lipinski definition) is 1. The third-order valence-corrected chi connectivity index (χ3v) is 4.02. The molecule has 2 unspecified atom stereocenters. The molecule has 2 rings (SSSR count). The van der Waals surface area contributed by atoms with E-state index in [0.717, 1.165) is 0 Å². The summed E-state index contributed by atoms with van der Waals surface area (Å²) < 4.78 is 6.12. The zero-order chi connectivity index (χ0) is 10.2. The Balaban J connectivity index is 1.91. The fraction of sp³-hybridized carbons (Fsp3) is 1.00. The van der Waals surface area contributed by atoms with Crippen molar-refractivity contribution >= 4 is 0 Å². The van der Waals surface area contributed by atoms with Gasteiger partial charge in [-0.3, -0.25) is 0 Å². The van der Waals surface area contributed by atoms with E-state index in [1.807, 2.05) is 0 Å². The van der Waals surface area contributed by atoms with Crippen molar-refractivity contribution in [2.75, 3.05) is 7.05 Å². The molecule has 2 aliphatic rings. The molecular weight excluding hydrogens is 174 g/mol. The SMILES string of the molecule is CNC1C(OC2CCC2)CCC1(C)C. The minimum Gasteiger partial charge on any atom is -0.373 e. The number of likely N-dealkylation sites (N-methyl/N-ethyl adjacent to an activating group) is 1. The first kappa shape index (κ1) is 10.4. The van der Waals surface area contributed by atoms with Gasteiger partial charge in [0.05, 0.1) is 12.2 Å². The van der Waals surface area contributed by atoms with Crippen LogP contribution in [0.2, 0.25) is 0 Å². The number of hydrogen-bond acceptors (Lipinski definition) is 2. The second kappa shape index (κ2) is 3.82. The van der Waals surface area contributed by atoms with Crippen LogP contribution in [0.15, 0.2) is 0 Å². The van der Waals surface area contributed by atoms with Gasteiger partial charge in [-0.25, -0.2) is 0 Å². The lowest BCUT2D eigenvalue weighted by atomic mass is 9.87. The van der Waals surface area contributed by atoms with Crippen molar-refractivity contribution in [1.82, 2.24) is 5.32 Å². The predicted molar refractivity (Wildman–Crippen MR) is 58.4 cm³/mol. The van der Waals surface area contributed by atoms with Gasteiger partial charge in [-0.05, 0) is 44.6 Å². The van der Waals surface area contributed by atoms with Gasteiger partial charge in [-0.2, -0.15) is 0 Å². The highest BCUT2D eigenvalue weighted by atomic mass is 16.5. The summed E-state index contributed by atoms with van der Waals surface area (Å²) >= 11 is 0. The van der Waals surface area contributed by atoms with Crippen molar-refractivity contribution in [2.45, 2.75) is 64.2 Å². The van der Waals surface area contributed by atoms with Crippen LogP contribution in [0.25, 0.3) is 0 Å². The maximum Gasteiger partial charge on any atom is 0.0737 e. The van der Waals surface area contributed by atoms with E-state index >= 15 is 0 Å². The summed E-state index contributed by atoms with van der Waals surface area (Å²) in [5.41, 5.74) is 0.406. The standard InChI is InChI=1S/C12H23NO/c1-12(2)8-7-10(11(12)13-3)14-9-5-4-6-9/h9-11,13H,4-8H2,1-3H3. The second-order valence-corrected chi connectivity index (χ2v) is 5.52. The quantitative estimate of drug-likeness (QED) is 0.750. The van der Waals surface area contributed by atoms with Crippen molar-refractivity contribution in [3.63, 3.8) is 0 Å². The first-order valence-electron chi connectivity index (χ1n) is 5.96. The smallest absolute Gasteiger partial charge is 0.0737 e. The second-order valence-electron chi connectivity index (χ2n) is 5.52. The Labute approximate surface area is 87.4 Å². The zero-order valence-electron chi connectivity index (χ0n) is 9.68. The van der Waals surface area contributed by atoms with E-state index in [1.54, 1.807) is 0 Å². The van der Waals surface area contributed by atoms with E-state index in [9.17, 15) is 0 Å². The third-order valence-electron chi connectivity index (χ3n) is 4.02. The van der Waals surface area contributed by atoms with E-state index in [-0.39, 0.29) is 0 Å². The molecule has 1 N–H and O–H groups in total. The third kappa shape index (κ3) is 1.82. The number of rotatable bonds is 3. The van der Waals surface area contributed by atoms with Gasteiger partial charge in [0.25, 0.3) is 0 Å². The summed E-state index contributed by atoms with van der Waals surface area (Å²) in [7, 11) is 2.06. The van der Waals surface area contributed by atoms with Crippen LogP contribution < -0.4 is 5.32 Å². The Morgan fingerprint density at radius 2 is 1.93 bits per heavy atom. The van der Waals surface area contributed by atoms with Crippen LogP contribution in [0, 0.1) is 5.41 Å². The first-order chi connectivity index (χ1) is 6.63. The number of nitrogens with one attached hydrogen (secondary N) is 1. The highest BCUT2D eigenvalue weighted by Gasteiger charge is 2.42. The van der Waals surface area contributed by atoms with Crippen molar-refractivity contribution in [2.24, 2.45) is 5.41 Å². The minimum absolute atomic E-state index is 0.406. The van der Waals surface area contributed by atoms with Gasteiger partial charge in [0, 0.05) is 6.04 Å². The van der Waals surface area contributed by atoms with E-state index in [4.69, 9.17) is 4.74 Å². The molecule has 0 aliphatic heterocycles. The van der Waals surface area contributed by atoms with E-state index in [2.05, 4.69) is 26.2 Å². The van der Waals surface area contributed by atoms with Crippen LogP contribution >= 0.6 is 0 Å². The highest BCUT2D eigenvalue weighted by Crippen LogP contribution is 2.40. The molecule has 14 heavy (non-hydrogen) atoms. The molecule has 0 amide bonds. The van der Waals surface area contributed by atoms with Crippen LogP contribution in [-0.4, -0.2) is 25.3 Å². The Morgan fingerprint density at radius 1 is 1.21 bits per heavy atom. The molecule has 0 radical (unpaired) electrons. The lowest BCUT2D eigenvalue weighted by molar-refractivity contribution is -0.0629. The molecule has 0 heterocycles. The summed E-state index contributed by atoms with van der Waals surface area (Å²) in [6.45, 7) is 4.69. The van der Waals surface area contributed by atoms with Crippen molar-refractivity contribution < 1.29 is 4.74 Å². The van der Waals surface area contributed by atoms with Gasteiger partial charge in [-0.1, -0.05) is 13.8 Å². The molecule has 0 saturated heterocycles. The van der Waals surface area contributed by atoms with Gasteiger partial charge >= 0.3 is 0 Å². The van der Waals surface area contributed by atoms with Crippen LogP contribution in [0.3, 0.4) is 0 Å². The monoisotopic (exact) mass is 197 g/mol. The van der Waals surface area contributed by atoms with Gasteiger partial charge in [0.15, 0.2) is 0 Å². The summed E-state index contributed by atoms with van der Waals surface area (Å²) in [5.74, 6) is 0. The van der Waals surface area contributed by atoms with Crippen LogP contribution in [0.4, 0.5) is 0 Å². The molecule has 0 aromatic rings. The molecule has 82 valence electrons. The Hall–Kier alpha value is -0.0800. The normalized spacial score (nSPS) is 37.1. The van der Waals surface area contributed by atoms with Crippen LogP contribution in [-0.2, 0) is 4.74 Å². The highest BCUT2D eigenvalue weighted by molar-refractivity contribution is 4.97. The summed E-state index contributed by atoms with van der Waals surface area (Å²) in [6.07, 6.45) is 7.49. The molecule has 2 nitrogen and oxygen atoms in total. The number of ether oxygens (including phenoxy) is 1. The van der Waals surface area contributed by atoms with E-state index < -0.39 is 0 Å². The van der Waals surface area contributed by atoms with Crippen molar-refractivity contribution in [3.8, 4) is 0 Å². The fourth-order valence-corrected chi connectivity index (χ4v) is 2.82. The maximum atomic E-state index is 6.12. The minimum atomic E-state index is 0.406. The first-order valence-corrected chi connectivity index (χ1v) is 5.96. The van der Waals surface area contributed by atoms with Gasteiger partial charge in [-0.15, -0.1) is 0 Å². The average Bonchev–Trinajstić information content (AvgIpc) is 2.33.